The largest absolute Gasteiger partial charge is 0.335 e. The second kappa shape index (κ2) is 7.40. The zero-order valence-corrected chi connectivity index (χ0v) is 16.8. The Morgan fingerprint density at radius 1 is 1.00 bits per heavy atom. The summed E-state index contributed by atoms with van der Waals surface area (Å²) in [5.74, 6) is -0.161. The maximum Gasteiger partial charge on any atom is 0.320 e. The van der Waals surface area contributed by atoms with E-state index in [1.54, 1.807) is 52.1 Å². The van der Waals surface area contributed by atoms with E-state index in [9.17, 15) is 18.0 Å². The number of sulfonamides is 1. The van der Waals surface area contributed by atoms with Gasteiger partial charge >= 0.3 is 6.03 Å². The summed E-state index contributed by atoms with van der Waals surface area (Å²) in [7, 11) is -1.97. The van der Waals surface area contributed by atoms with Crippen LogP contribution >= 0.6 is 0 Å². The fraction of sp³-hybridized carbons (Fsp3) is 0.300. The molecule has 2 fully saturated rings. The van der Waals surface area contributed by atoms with E-state index in [1.807, 2.05) is 0 Å². The summed E-state index contributed by atoms with van der Waals surface area (Å²) in [6.07, 6.45) is 0. The lowest BCUT2D eigenvalue weighted by Crippen LogP contribution is -2.53. The van der Waals surface area contributed by atoms with Crippen molar-refractivity contribution >= 4 is 27.6 Å². The second-order valence-electron chi connectivity index (χ2n) is 7.26. The fourth-order valence-corrected chi connectivity index (χ4v) is 4.80. The molecule has 1 N–H and O–H groups in total. The molecule has 4 rings (SSSR count). The summed E-state index contributed by atoms with van der Waals surface area (Å²) >= 11 is 0. The van der Waals surface area contributed by atoms with Crippen LogP contribution in [0.4, 0.5) is 10.5 Å². The molecule has 29 heavy (non-hydrogen) atoms. The van der Waals surface area contributed by atoms with Gasteiger partial charge in [0.15, 0.2) is 0 Å². The van der Waals surface area contributed by atoms with Crippen molar-refractivity contribution in [2.75, 3.05) is 37.9 Å². The molecule has 2 saturated heterocycles. The van der Waals surface area contributed by atoms with E-state index < -0.39 is 10.0 Å². The third kappa shape index (κ3) is 3.77. The van der Waals surface area contributed by atoms with Gasteiger partial charge in [-0.25, -0.2) is 13.2 Å². The SMILES string of the molecule is CN1C[C@@H]2CN(C(=O)c3ccc(S(=O)(=O)Nc4ccccc4)cc3)CCN2C1=O. The lowest BCUT2D eigenvalue weighted by molar-refractivity contribution is 0.0617. The number of hydrogen-bond acceptors (Lipinski definition) is 4. The molecule has 0 bridgehead atoms. The van der Waals surface area contributed by atoms with Crippen LogP contribution in [0, 0.1) is 0 Å². The van der Waals surface area contributed by atoms with E-state index in [-0.39, 0.29) is 22.9 Å². The van der Waals surface area contributed by atoms with Crippen LogP contribution in [0.2, 0.25) is 0 Å². The van der Waals surface area contributed by atoms with Gasteiger partial charge in [-0.05, 0) is 36.4 Å². The standard InChI is InChI=1S/C20H22N4O4S/c1-22-13-17-14-23(11-12-24(17)20(22)26)19(25)15-7-9-18(10-8-15)29(27,28)21-16-5-3-2-4-6-16/h2-10,17,21H,11-14H2,1H3/t17-/m1/s1. The van der Waals surface area contributed by atoms with E-state index >= 15 is 0 Å². The highest BCUT2D eigenvalue weighted by Crippen LogP contribution is 2.22. The maximum atomic E-state index is 12.8. The van der Waals surface area contributed by atoms with Crippen molar-refractivity contribution in [2.45, 2.75) is 10.9 Å². The van der Waals surface area contributed by atoms with Gasteiger partial charge in [0.2, 0.25) is 0 Å². The summed E-state index contributed by atoms with van der Waals surface area (Å²) in [6, 6.07) is 14.5. The Bertz CT molecular complexity index is 1020. The number of fused-ring (bicyclic) bond motifs is 1. The molecule has 0 unspecified atom stereocenters. The number of benzene rings is 2. The molecular formula is C20H22N4O4S. The van der Waals surface area contributed by atoms with Crippen LogP contribution in [0.25, 0.3) is 0 Å². The number of piperazine rings is 1. The predicted molar refractivity (Wildman–Crippen MR) is 108 cm³/mol. The molecule has 0 aromatic heterocycles. The molecule has 0 spiro atoms. The minimum atomic E-state index is -3.73. The predicted octanol–water partition coefficient (Wildman–Crippen LogP) is 1.68. The number of anilines is 1. The van der Waals surface area contributed by atoms with Crippen LogP contribution in [0.15, 0.2) is 59.5 Å². The Morgan fingerprint density at radius 2 is 1.69 bits per heavy atom. The number of nitrogens with one attached hydrogen (secondary N) is 1. The average Bonchev–Trinajstić information content (AvgIpc) is 3.01. The third-order valence-electron chi connectivity index (χ3n) is 5.26. The zero-order valence-electron chi connectivity index (χ0n) is 16.0. The number of carbonyl (C=O) groups is 2. The van der Waals surface area contributed by atoms with Crippen LogP contribution < -0.4 is 4.72 Å². The quantitative estimate of drug-likeness (QED) is 0.824. The van der Waals surface area contributed by atoms with Crippen LogP contribution in [0.3, 0.4) is 0 Å². The minimum Gasteiger partial charge on any atom is -0.335 e. The van der Waals surface area contributed by atoms with E-state index in [4.69, 9.17) is 0 Å². The molecule has 8 nitrogen and oxygen atoms in total. The van der Waals surface area contributed by atoms with Gasteiger partial charge in [0.25, 0.3) is 15.9 Å². The van der Waals surface area contributed by atoms with Crippen LogP contribution in [-0.2, 0) is 10.0 Å². The van der Waals surface area contributed by atoms with Crippen molar-refractivity contribution in [1.82, 2.24) is 14.7 Å². The van der Waals surface area contributed by atoms with Crippen molar-refractivity contribution < 1.29 is 18.0 Å². The van der Waals surface area contributed by atoms with Gasteiger partial charge in [-0.2, -0.15) is 0 Å². The monoisotopic (exact) mass is 414 g/mol. The normalized spacial score (nSPS) is 19.3. The first-order valence-electron chi connectivity index (χ1n) is 9.34. The lowest BCUT2D eigenvalue weighted by atomic mass is 10.1. The molecule has 0 aliphatic carbocycles. The van der Waals surface area contributed by atoms with Crippen molar-refractivity contribution in [1.29, 1.82) is 0 Å². The highest BCUT2D eigenvalue weighted by atomic mass is 32.2. The Morgan fingerprint density at radius 3 is 2.38 bits per heavy atom. The van der Waals surface area contributed by atoms with Gasteiger partial charge < -0.3 is 14.7 Å². The lowest BCUT2D eigenvalue weighted by Gasteiger charge is -2.36. The van der Waals surface area contributed by atoms with Gasteiger partial charge in [0.05, 0.1) is 10.9 Å². The minimum absolute atomic E-state index is 0.0000709. The number of amides is 3. The van der Waals surface area contributed by atoms with Crippen LogP contribution in [0.5, 0.6) is 0 Å². The van der Waals surface area contributed by atoms with Gasteiger partial charge in [0.1, 0.15) is 0 Å². The number of nitrogens with zero attached hydrogens (tertiary/aromatic N) is 3. The van der Waals surface area contributed by atoms with Crippen LogP contribution in [-0.4, -0.2) is 74.3 Å². The van der Waals surface area contributed by atoms with Gasteiger partial charge in [0, 0.05) is 44.5 Å². The first kappa shape index (κ1) is 19.3. The van der Waals surface area contributed by atoms with Crippen LogP contribution in [0.1, 0.15) is 10.4 Å². The molecular weight excluding hydrogens is 392 g/mol. The van der Waals surface area contributed by atoms with Gasteiger partial charge in [-0.15, -0.1) is 0 Å². The summed E-state index contributed by atoms with van der Waals surface area (Å²) in [5.41, 5.74) is 0.899. The molecule has 1 atom stereocenters. The van der Waals surface area contributed by atoms with Crippen molar-refractivity contribution in [3.63, 3.8) is 0 Å². The zero-order chi connectivity index (χ0) is 20.6. The number of rotatable bonds is 4. The molecule has 0 radical (unpaired) electrons. The number of carbonyl (C=O) groups excluding carboxylic acids is 2. The average molecular weight is 414 g/mol. The molecule has 2 heterocycles. The Balaban J connectivity index is 1.45. The number of hydrogen-bond donors (Lipinski definition) is 1. The molecule has 2 aliphatic heterocycles. The van der Waals surface area contributed by atoms with E-state index in [2.05, 4.69) is 4.72 Å². The first-order valence-corrected chi connectivity index (χ1v) is 10.8. The Labute approximate surface area is 169 Å². The molecule has 9 heteroatoms. The summed E-state index contributed by atoms with van der Waals surface area (Å²) in [5, 5.41) is 0. The molecule has 2 aliphatic rings. The molecule has 152 valence electrons. The molecule has 2 aromatic rings. The van der Waals surface area contributed by atoms with E-state index in [0.717, 1.165) is 0 Å². The number of para-hydroxylation sites is 1. The smallest absolute Gasteiger partial charge is 0.320 e. The maximum absolute atomic E-state index is 12.8. The first-order chi connectivity index (χ1) is 13.8. The van der Waals surface area contributed by atoms with Crippen molar-refractivity contribution in [3.8, 4) is 0 Å². The van der Waals surface area contributed by atoms with Crippen molar-refractivity contribution in [3.05, 3.63) is 60.2 Å². The number of urea groups is 1. The number of likely N-dealkylation sites (N-methyl/N-ethyl adjacent to an activating group) is 1. The topological polar surface area (TPSA) is 90.0 Å². The Hall–Kier alpha value is -3.07. The summed E-state index contributed by atoms with van der Waals surface area (Å²) in [6.45, 7) is 2.05. The summed E-state index contributed by atoms with van der Waals surface area (Å²) < 4.78 is 27.6. The van der Waals surface area contributed by atoms with Gasteiger partial charge in [-0.3, -0.25) is 9.52 Å². The van der Waals surface area contributed by atoms with E-state index in [1.165, 1.54) is 24.3 Å². The highest BCUT2D eigenvalue weighted by Gasteiger charge is 2.40. The highest BCUT2D eigenvalue weighted by molar-refractivity contribution is 7.92. The third-order valence-corrected chi connectivity index (χ3v) is 6.66. The molecule has 3 amide bonds. The summed E-state index contributed by atoms with van der Waals surface area (Å²) in [4.78, 5) is 30.2. The Kier molecular flexibility index (Phi) is 4.91. The second-order valence-corrected chi connectivity index (χ2v) is 8.94. The molecule has 2 aromatic carbocycles. The van der Waals surface area contributed by atoms with Gasteiger partial charge in [-0.1, -0.05) is 18.2 Å². The van der Waals surface area contributed by atoms with E-state index in [0.29, 0.717) is 37.4 Å². The fourth-order valence-electron chi connectivity index (χ4n) is 3.74. The molecule has 0 saturated carbocycles. The van der Waals surface area contributed by atoms with Crippen molar-refractivity contribution in [2.24, 2.45) is 0 Å².